The van der Waals surface area contributed by atoms with E-state index in [4.69, 9.17) is 0 Å². The summed E-state index contributed by atoms with van der Waals surface area (Å²) in [6.07, 6.45) is 2.94. The number of carbonyl (C=O) groups is 3. The largest absolute Gasteiger partial charge is 0.348 e. The third kappa shape index (κ3) is 6.05. The third-order valence-electron chi connectivity index (χ3n) is 4.90. The van der Waals surface area contributed by atoms with Crippen LogP contribution in [-0.4, -0.2) is 43.9 Å². The van der Waals surface area contributed by atoms with Crippen LogP contribution in [0.4, 0.5) is 0 Å². The first kappa shape index (κ1) is 21.9. The van der Waals surface area contributed by atoms with Crippen molar-refractivity contribution in [2.45, 2.75) is 52.1 Å². The van der Waals surface area contributed by atoms with E-state index in [9.17, 15) is 14.4 Å². The minimum atomic E-state index is -0.725. The van der Waals surface area contributed by atoms with E-state index >= 15 is 0 Å². The quantitative estimate of drug-likeness (QED) is 0.561. The van der Waals surface area contributed by atoms with Gasteiger partial charge in [-0.25, -0.2) is 0 Å². The fraction of sp³-hybridized carbons (Fsp3) is 0.571. The molecule has 154 valence electrons. The van der Waals surface area contributed by atoms with E-state index in [2.05, 4.69) is 27.3 Å². The summed E-state index contributed by atoms with van der Waals surface area (Å²) in [5.41, 5.74) is 1.94. The normalized spacial score (nSPS) is 17.2. The Kier molecular flexibility index (Phi) is 7.57. The van der Waals surface area contributed by atoms with E-state index < -0.39 is 11.5 Å². The van der Waals surface area contributed by atoms with Gasteiger partial charge < -0.3 is 21.3 Å². The van der Waals surface area contributed by atoms with Crippen LogP contribution in [0.3, 0.4) is 0 Å². The topological polar surface area (TPSA) is 99.3 Å². The summed E-state index contributed by atoms with van der Waals surface area (Å²) in [5, 5.41) is 11.2. The van der Waals surface area contributed by atoms with Gasteiger partial charge in [0.25, 0.3) is 0 Å². The van der Waals surface area contributed by atoms with Crippen LogP contribution in [-0.2, 0) is 20.8 Å². The minimum absolute atomic E-state index is 0.0249. The van der Waals surface area contributed by atoms with Crippen LogP contribution in [0.2, 0.25) is 0 Å². The predicted molar refractivity (Wildman–Crippen MR) is 109 cm³/mol. The number of nitrogens with one attached hydrogen (secondary N) is 4. The lowest BCUT2D eigenvalue weighted by Gasteiger charge is -2.30. The number of amides is 3. The first-order valence-electron chi connectivity index (χ1n) is 9.81. The molecule has 4 N–H and O–H groups in total. The van der Waals surface area contributed by atoms with Crippen LogP contribution in [0, 0.1) is 5.41 Å². The van der Waals surface area contributed by atoms with Gasteiger partial charge in [-0.05, 0) is 42.9 Å². The maximum Gasteiger partial charge on any atom is 0.243 e. The molecule has 1 aromatic carbocycles. The van der Waals surface area contributed by atoms with Crippen molar-refractivity contribution in [3.8, 4) is 0 Å². The van der Waals surface area contributed by atoms with Crippen molar-refractivity contribution in [2.75, 3.05) is 20.1 Å². The van der Waals surface area contributed by atoms with Crippen LogP contribution in [0.25, 0.3) is 0 Å². The summed E-state index contributed by atoms with van der Waals surface area (Å²) in [4.78, 5) is 36.9. The van der Waals surface area contributed by atoms with E-state index in [0.717, 1.165) is 24.8 Å². The van der Waals surface area contributed by atoms with Gasteiger partial charge in [0.05, 0.1) is 19.1 Å². The van der Waals surface area contributed by atoms with Crippen molar-refractivity contribution in [3.05, 3.63) is 35.4 Å². The molecule has 0 saturated heterocycles. The Morgan fingerprint density at radius 1 is 1.11 bits per heavy atom. The number of rotatable bonds is 7. The third-order valence-corrected chi connectivity index (χ3v) is 4.90. The van der Waals surface area contributed by atoms with Crippen LogP contribution < -0.4 is 21.3 Å². The summed E-state index contributed by atoms with van der Waals surface area (Å²) in [6, 6.07) is 7.38. The molecule has 7 nitrogen and oxygen atoms in total. The highest BCUT2D eigenvalue weighted by Gasteiger charge is 2.33. The SMILES string of the molecule is CNCC(=O)N[C@@H](C(=O)NCC(=O)N[C@H]1CCCc2ccccc21)C(C)(C)C. The Bertz CT molecular complexity index is 712. The second-order valence-corrected chi connectivity index (χ2v) is 8.33. The van der Waals surface area contributed by atoms with Crippen LogP contribution in [0.1, 0.15) is 50.8 Å². The molecule has 0 bridgehead atoms. The summed E-state index contributed by atoms with van der Waals surface area (Å²) in [5.74, 6) is -0.860. The Morgan fingerprint density at radius 3 is 2.50 bits per heavy atom. The molecule has 1 aliphatic carbocycles. The van der Waals surface area contributed by atoms with E-state index in [1.807, 2.05) is 39.0 Å². The highest BCUT2D eigenvalue weighted by Crippen LogP contribution is 2.29. The minimum Gasteiger partial charge on any atom is -0.348 e. The monoisotopic (exact) mass is 388 g/mol. The molecular weight excluding hydrogens is 356 g/mol. The number of carbonyl (C=O) groups excluding carboxylic acids is 3. The average Bonchev–Trinajstić information content (AvgIpc) is 2.64. The molecule has 0 aromatic heterocycles. The first-order valence-corrected chi connectivity index (χ1v) is 9.81. The van der Waals surface area contributed by atoms with E-state index in [-0.39, 0.29) is 36.9 Å². The van der Waals surface area contributed by atoms with Crippen LogP contribution in [0.15, 0.2) is 24.3 Å². The van der Waals surface area contributed by atoms with Crippen LogP contribution >= 0.6 is 0 Å². The van der Waals surface area contributed by atoms with Gasteiger partial charge in [0.1, 0.15) is 6.04 Å². The molecule has 3 amide bonds. The number of aryl methyl sites for hydroxylation is 1. The zero-order valence-corrected chi connectivity index (χ0v) is 17.2. The molecule has 2 atom stereocenters. The molecule has 0 unspecified atom stereocenters. The fourth-order valence-electron chi connectivity index (χ4n) is 3.47. The lowest BCUT2D eigenvalue weighted by Crippen LogP contribution is -2.56. The van der Waals surface area contributed by atoms with Crippen molar-refractivity contribution in [2.24, 2.45) is 5.41 Å². The fourth-order valence-corrected chi connectivity index (χ4v) is 3.47. The summed E-state index contributed by atoms with van der Waals surface area (Å²) in [6.45, 7) is 5.62. The van der Waals surface area contributed by atoms with E-state index in [1.165, 1.54) is 5.56 Å². The number of benzene rings is 1. The standard InChI is InChI=1S/C21H32N4O3/c1-21(2,3)19(25-17(26)12-22-4)20(28)23-13-18(27)24-16-11-7-9-14-8-5-6-10-15(14)16/h5-6,8,10,16,19,22H,7,9,11-13H2,1-4H3,(H,23,28)(H,24,27)(H,25,26)/t16-,19-/m0/s1. The van der Waals surface area contributed by atoms with Gasteiger partial charge in [0.2, 0.25) is 17.7 Å². The molecule has 0 heterocycles. The highest BCUT2D eigenvalue weighted by atomic mass is 16.2. The summed E-state index contributed by atoms with van der Waals surface area (Å²) < 4.78 is 0. The average molecular weight is 389 g/mol. The molecule has 7 heteroatoms. The van der Waals surface area contributed by atoms with Crippen LogP contribution in [0.5, 0.6) is 0 Å². The van der Waals surface area contributed by atoms with Gasteiger partial charge in [-0.3, -0.25) is 14.4 Å². The summed E-state index contributed by atoms with van der Waals surface area (Å²) in [7, 11) is 1.67. The van der Waals surface area contributed by atoms with Crippen molar-refractivity contribution in [3.63, 3.8) is 0 Å². The Labute approximate surface area is 167 Å². The Hall–Kier alpha value is -2.41. The maximum absolute atomic E-state index is 12.6. The molecule has 2 rings (SSSR count). The lowest BCUT2D eigenvalue weighted by molar-refractivity contribution is -0.132. The van der Waals surface area contributed by atoms with Gasteiger partial charge in [-0.2, -0.15) is 0 Å². The molecule has 28 heavy (non-hydrogen) atoms. The molecule has 0 saturated carbocycles. The van der Waals surface area contributed by atoms with E-state index in [1.54, 1.807) is 7.05 Å². The molecular formula is C21H32N4O3. The number of likely N-dealkylation sites (N-methyl/N-ethyl adjacent to an activating group) is 1. The Balaban J connectivity index is 1.92. The van der Waals surface area contributed by atoms with Gasteiger partial charge in [0, 0.05) is 0 Å². The van der Waals surface area contributed by atoms with Crippen molar-refractivity contribution in [1.82, 2.24) is 21.3 Å². The maximum atomic E-state index is 12.6. The zero-order valence-electron chi connectivity index (χ0n) is 17.2. The van der Waals surface area contributed by atoms with Gasteiger partial charge in [-0.1, -0.05) is 45.0 Å². The summed E-state index contributed by atoms with van der Waals surface area (Å²) >= 11 is 0. The predicted octanol–water partition coefficient (Wildman–Crippen LogP) is 1.05. The molecule has 0 radical (unpaired) electrons. The molecule has 0 spiro atoms. The van der Waals surface area contributed by atoms with Gasteiger partial charge >= 0.3 is 0 Å². The number of hydrogen-bond acceptors (Lipinski definition) is 4. The molecule has 1 aromatic rings. The second-order valence-electron chi connectivity index (χ2n) is 8.33. The number of fused-ring (bicyclic) bond motifs is 1. The molecule has 0 aliphatic heterocycles. The van der Waals surface area contributed by atoms with E-state index in [0.29, 0.717) is 0 Å². The Morgan fingerprint density at radius 2 is 1.82 bits per heavy atom. The van der Waals surface area contributed by atoms with Crippen molar-refractivity contribution >= 4 is 17.7 Å². The number of hydrogen-bond donors (Lipinski definition) is 4. The zero-order chi connectivity index (χ0) is 20.7. The van der Waals surface area contributed by atoms with Gasteiger partial charge in [-0.15, -0.1) is 0 Å². The molecule has 1 aliphatic rings. The lowest BCUT2D eigenvalue weighted by atomic mass is 9.86. The van der Waals surface area contributed by atoms with Gasteiger partial charge in [0.15, 0.2) is 0 Å². The second kappa shape index (κ2) is 9.68. The smallest absolute Gasteiger partial charge is 0.243 e. The first-order chi connectivity index (χ1) is 13.2. The van der Waals surface area contributed by atoms with Crippen molar-refractivity contribution in [1.29, 1.82) is 0 Å². The highest BCUT2D eigenvalue weighted by molar-refractivity contribution is 5.91. The van der Waals surface area contributed by atoms with Crippen molar-refractivity contribution < 1.29 is 14.4 Å². The molecule has 0 fully saturated rings.